The van der Waals surface area contributed by atoms with Crippen molar-refractivity contribution < 1.29 is 12.5 Å². The Hall–Kier alpha value is -1.99. The van der Waals surface area contributed by atoms with Crippen molar-refractivity contribution in [3.8, 4) is 17.1 Å². The molecule has 0 bridgehead atoms. The summed E-state index contributed by atoms with van der Waals surface area (Å²) in [6, 6.07) is 11.2. The molecule has 0 unspecified atom stereocenters. The van der Waals surface area contributed by atoms with Crippen molar-refractivity contribution >= 4 is 49.7 Å². The van der Waals surface area contributed by atoms with Crippen LogP contribution < -0.4 is 9.50 Å². The number of hydrogen-bond acceptors (Lipinski definition) is 8. The van der Waals surface area contributed by atoms with E-state index in [0.29, 0.717) is 6.42 Å². The van der Waals surface area contributed by atoms with Crippen LogP contribution in [0.2, 0.25) is 0 Å². The molecule has 0 atom stereocenters. The monoisotopic (exact) mass is 568 g/mol. The normalized spacial score (nSPS) is 12.6. The van der Waals surface area contributed by atoms with E-state index in [1.807, 2.05) is 41.7 Å². The lowest BCUT2D eigenvalue weighted by atomic mass is 9.97. The number of fused-ring (bicyclic) bond motifs is 1. The largest absolute Gasteiger partial charge is 0.372 e. The Balaban J connectivity index is 0.00000380. The number of aromatic nitrogens is 3. The number of nitrogens with zero attached hydrogens (tertiary/aromatic N) is 5. The van der Waals surface area contributed by atoms with Gasteiger partial charge in [-0.1, -0.05) is 44.2 Å². The molecule has 202 valence electrons. The molecule has 0 amide bonds. The first-order valence-electron chi connectivity index (χ1n) is 12.2. The number of hydrogen-bond donors (Lipinski definition) is 1. The zero-order valence-corrected chi connectivity index (χ0v) is 24.0. The second-order valence-electron chi connectivity index (χ2n) is 8.63. The molecule has 0 aliphatic heterocycles. The Labute approximate surface area is 233 Å². The predicted octanol–water partition coefficient (Wildman–Crippen LogP) is 6.42. The van der Waals surface area contributed by atoms with Crippen LogP contribution in [-0.4, -0.2) is 56.6 Å². The third-order valence-corrected chi connectivity index (χ3v) is 7.40. The van der Waals surface area contributed by atoms with Crippen molar-refractivity contribution in [2.75, 3.05) is 38.5 Å². The Morgan fingerprint density at radius 3 is 2.54 bits per heavy atom. The second-order valence-corrected chi connectivity index (χ2v) is 10.1. The lowest BCUT2D eigenvalue weighted by Gasteiger charge is -2.19. The van der Waals surface area contributed by atoms with Gasteiger partial charge in [-0.15, -0.1) is 13.1 Å². The molecule has 1 heterocycles. The van der Waals surface area contributed by atoms with E-state index >= 15 is 0 Å². The van der Waals surface area contributed by atoms with Crippen molar-refractivity contribution in [2.45, 2.75) is 39.5 Å². The zero-order valence-electron chi connectivity index (χ0n) is 21.3. The molecule has 0 saturated heterocycles. The summed E-state index contributed by atoms with van der Waals surface area (Å²) in [6.45, 7) is 8.18. The summed E-state index contributed by atoms with van der Waals surface area (Å²) in [6.07, 6.45) is 3.32. The molecule has 0 saturated carbocycles. The summed E-state index contributed by atoms with van der Waals surface area (Å²) in [7, 11) is 1.92. The van der Waals surface area contributed by atoms with Crippen LogP contribution in [-0.2, 0) is 12.8 Å². The minimum atomic E-state index is -0.200. The summed E-state index contributed by atoms with van der Waals surface area (Å²) in [5, 5.41) is 7.46. The third kappa shape index (κ3) is 7.32. The average molecular weight is 569 g/mol. The van der Waals surface area contributed by atoms with E-state index in [-0.39, 0.29) is 43.6 Å². The van der Waals surface area contributed by atoms with E-state index in [1.54, 1.807) is 6.07 Å². The van der Waals surface area contributed by atoms with Gasteiger partial charge in [-0.3, -0.25) is 0 Å². The van der Waals surface area contributed by atoms with Gasteiger partial charge in [0.15, 0.2) is 24.6 Å². The van der Waals surface area contributed by atoms with Crippen LogP contribution in [0.25, 0.3) is 11.1 Å². The van der Waals surface area contributed by atoms with Crippen LogP contribution in [0.1, 0.15) is 37.8 Å². The fourth-order valence-corrected chi connectivity index (χ4v) is 5.25. The Morgan fingerprint density at radius 1 is 1.11 bits per heavy atom. The number of anilines is 2. The highest BCUT2D eigenvalue weighted by Crippen LogP contribution is 2.40. The summed E-state index contributed by atoms with van der Waals surface area (Å²) in [5.41, 5.74) is 4.00. The molecule has 1 N–H and O–H groups in total. The molecule has 1 aromatic heterocycles. The second kappa shape index (κ2) is 14.2. The van der Waals surface area contributed by atoms with E-state index in [2.05, 4.69) is 34.1 Å². The quantitative estimate of drug-likeness (QED) is 0.187. The van der Waals surface area contributed by atoms with Crippen molar-refractivity contribution in [3.05, 3.63) is 53.3 Å². The molecule has 2 aromatic carbocycles. The summed E-state index contributed by atoms with van der Waals surface area (Å²) in [5.74, 6) is -0.00742. The van der Waals surface area contributed by atoms with Crippen LogP contribution in [0.15, 0.2) is 36.4 Å². The van der Waals surface area contributed by atoms with Crippen LogP contribution in [0, 0.1) is 5.82 Å². The van der Waals surface area contributed by atoms with Crippen molar-refractivity contribution in [2.24, 2.45) is 0 Å². The summed E-state index contributed by atoms with van der Waals surface area (Å²) in [4.78, 5) is 6.74. The van der Waals surface area contributed by atoms with Gasteiger partial charge in [0.1, 0.15) is 5.82 Å². The lowest BCUT2D eigenvalue weighted by Crippen LogP contribution is -2.26. The van der Waals surface area contributed by atoms with Gasteiger partial charge < -0.3 is 14.4 Å². The summed E-state index contributed by atoms with van der Waals surface area (Å²) >= 11 is 1.02. The fourth-order valence-electron chi connectivity index (χ4n) is 4.46. The first kappa shape index (κ1) is 29.6. The van der Waals surface area contributed by atoms with Gasteiger partial charge in [0.2, 0.25) is 0 Å². The van der Waals surface area contributed by atoms with Crippen molar-refractivity contribution in [3.63, 3.8) is 0 Å². The third-order valence-electron chi connectivity index (χ3n) is 6.37. The smallest absolute Gasteiger partial charge is 0.343 e. The molecule has 12 heteroatoms. The van der Waals surface area contributed by atoms with E-state index < -0.39 is 0 Å². The molecule has 4 rings (SSSR count). The number of benzene rings is 2. The molecule has 1 aliphatic rings. The van der Waals surface area contributed by atoms with E-state index in [4.69, 9.17) is 4.18 Å². The highest BCUT2D eigenvalue weighted by Gasteiger charge is 2.25. The molecule has 7 nitrogen and oxygen atoms in total. The van der Waals surface area contributed by atoms with Gasteiger partial charge in [-0.25, -0.2) is 8.70 Å². The minimum absolute atomic E-state index is 0. The van der Waals surface area contributed by atoms with Crippen molar-refractivity contribution in [1.82, 2.24) is 23.4 Å². The predicted molar refractivity (Wildman–Crippen MR) is 155 cm³/mol. The maximum absolute atomic E-state index is 14.9. The maximum atomic E-state index is 14.9. The lowest BCUT2D eigenvalue weighted by molar-refractivity contribution is 0.291. The van der Waals surface area contributed by atoms with Gasteiger partial charge in [0.05, 0.1) is 5.69 Å². The van der Waals surface area contributed by atoms with Gasteiger partial charge in [0, 0.05) is 19.2 Å². The first-order valence-corrected chi connectivity index (χ1v) is 13.6. The van der Waals surface area contributed by atoms with Gasteiger partial charge in [-0.05, 0) is 68.1 Å². The topological polar surface area (TPSA) is 58.5 Å². The van der Waals surface area contributed by atoms with Gasteiger partial charge in [-0.2, -0.15) is 18.5 Å². The van der Waals surface area contributed by atoms with Gasteiger partial charge in [0.25, 0.3) is 5.95 Å². The number of nitrogens with one attached hydrogen (secondary N) is 1. The standard InChI is InChI=1S/C25H32F2N6OS2.H2S/c1-4-32(5-2)16-10-15-31(3)36-34-25-29-24(30-33(25)35-27)28-23-20-14-9-13-19(20)22(26)17-21(23)18-11-7-6-8-12-18;/h6-8,11-12,17H,4-5,9-10,13-16H2,1-3H3,(H,28,30);1H2. The molecular formula is C25H34F2N6OS3. The molecule has 0 radical (unpaired) electrons. The first-order chi connectivity index (χ1) is 17.5. The highest BCUT2D eigenvalue weighted by atomic mass is 32.2. The van der Waals surface area contributed by atoms with Gasteiger partial charge >= 0.3 is 6.01 Å². The highest BCUT2D eigenvalue weighted by molar-refractivity contribution is 7.93. The Kier molecular flexibility index (Phi) is 11.4. The molecule has 37 heavy (non-hydrogen) atoms. The SMILES string of the molecule is CCN(CC)CCCN(C)SOc1nc(Nc2c(-c3ccccc3)cc(F)c3c2CCC3)nn1SF.S. The molecule has 0 fully saturated rings. The minimum Gasteiger partial charge on any atom is -0.372 e. The zero-order chi connectivity index (χ0) is 25.5. The molecule has 3 aromatic rings. The Morgan fingerprint density at radius 2 is 1.84 bits per heavy atom. The molecule has 1 aliphatic carbocycles. The van der Waals surface area contributed by atoms with Crippen molar-refractivity contribution in [1.29, 1.82) is 0 Å². The number of rotatable bonds is 13. The van der Waals surface area contributed by atoms with Crippen LogP contribution in [0.5, 0.6) is 6.01 Å². The average Bonchev–Trinajstić information content (AvgIpc) is 3.55. The van der Waals surface area contributed by atoms with Crippen LogP contribution in [0.4, 0.5) is 19.9 Å². The van der Waals surface area contributed by atoms with Crippen LogP contribution >= 0.6 is 38.1 Å². The van der Waals surface area contributed by atoms with E-state index in [0.717, 1.165) is 89.7 Å². The molecular weight excluding hydrogens is 535 g/mol. The Bertz CT molecular complexity index is 1150. The molecule has 0 spiro atoms. The van der Waals surface area contributed by atoms with E-state index in [1.165, 1.54) is 0 Å². The maximum Gasteiger partial charge on any atom is 0.343 e. The summed E-state index contributed by atoms with van der Waals surface area (Å²) < 4.78 is 37.2. The fraction of sp³-hybridized carbons (Fsp3) is 0.440. The van der Waals surface area contributed by atoms with Crippen LogP contribution in [0.3, 0.4) is 0 Å². The van der Waals surface area contributed by atoms with E-state index in [9.17, 15) is 8.28 Å². The number of halogens is 2.